The van der Waals surface area contributed by atoms with Crippen molar-refractivity contribution in [1.82, 2.24) is 10.3 Å². The molecule has 0 aliphatic carbocycles. The van der Waals surface area contributed by atoms with Crippen LogP contribution in [-0.2, 0) is 9.15 Å². The number of rotatable bonds is 10. The summed E-state index contributed by atoms with van der Waals surface area (Å²) < 4.78 is 35.3. The van der Waals surface area contributed by atoms with E-state index in [-0.39, 0.29) is 0 Å². The van der Waals surface area contributed by atoms with Gasteiger partial charge in [0.25, 0.3) is 0 Å². The molecule has 132 valence electrons. The van der Waals surface area contributed by atoms with Gasteiger partial charge < -0.3 is 10.1 Å². The SMILES string of the molecule is Cc1cc(OCCCCNCCSS(=O)(=O)O)nc2ccccc12. The lowest BCUT2D eigenvalue weighted by Gasteiger charge is -2.08. The van der Waals surface area contributed by atoms with Gasteiger partial charge in [-0.3, -0.25) is 4.55 Å². The van der Waals surface area contributed by atoms with E-state index < -0.39 is 9.15 Å². The summed E-state index contributed by atoms with van der Waals surface area (Å²) in [5.74, 6) is 0.971. The summed E-state index contributed by atoms with van der Waals surface area (Å²) in [6, 6.07) is 9.94. The molecule has 0 atom stereocenters. The predicted molar refractivity (Wildman–Crippen MR) is 98.1 cm³/mol. The van der Waals surface area contributed by atoms with Gasteiger partial charge in [-0.2, -0.15) is 8.42 Å². The zero-order valence-corrected chi connectivity index (χ0v) is 15.2. The molecule has 0 saturated heterocycles. The molecule has 24 heavy (non-hydrogen) atoms. The average molecular weight is 370 g/mol. The Hall–Kier alpha value is -1.35. The molecule has 0 amide bonds. The van der Waals surface area contributed by atoms with Gasteiger partial charge in [0, 0.05) is 23.8 Å². The van der Waals surface area contributed by atoms with Gasteiger partial charge in [0.05, 0.1) is 12.1 Å². The van der Waals surface area contributed by atoms with Crippen molar-refractivity contribution < 1.29 is 17.7 Å². The number of aromatic nitrogens is 1. The lowest BCUT2D eigenvalue weighted by atomic mass is 10.1. The second-order valence-corrected chi connectivity index (χ2v) is 8.82. The molecule has 0 radical (unpaired) electrons. The number of nitrogens with zero attached hydrogens (tertiary/aromatic N) is 1. The van der Waals surface area contributed by atoms with Crippen LogP contribution in [0, 0.1) is 6.92 Å². The Labute approximate surface area is 146 Å². The fourth-order valence-corrected chi connectivity index (χ4v) is 3.59. The van der Waals surface area contributed by atoms with E-state index in [1.165, 1.54) is 0 Å². The van der Waals surface area contributed by atoms with Crippen LogP contribution in [0.25, 0.3) is 10.9 Å². The fourth-order valence-electron chi connectivity index (χ4n) is 2.27. The monoisotopic (exact) mass is 370 g/mol. The fraction of sp³-hybridized carbons (Fsp3) is 0.438. The Morgan fingerprint density at radius 3 is 2.83 bits per heavy atom. The molecule has 0 bridgehead atoms. The number of benzene rings is 1. The van der Waals surface area contributed by atoms with Gasteiger partial charge in [0.2, 0.25) is 5.88 Å². The molecule has 2 N–H and O–H groups in total. The molecule has 8 heteroatoms. The van der Waals surface area contributed by atoms with Crippen LogP contribution in [0.2, 0.25) is 0 Å². The number of para-hydroxylation sites is 1. The summed E-state index contributed by atoms with van der Waals surface area (Å²) in [4.78, 5) is 4.50. The largest absolute Gasteiger partial charge is 0.478 e. The van der Waals surface area contributed by atoms with Crippen LogP contribution in [0.15, 0.2) is 30.3 Å². The highest BCUT2D eigenvalue weighted by atomic mass is 33.1. The van der Waals surface area contributed by atoms with E-state index in [4.69, 9.17) is 9.29 Å². The van der Waals surface area contributed by atoms with Crippen molar-refractivity contribution in [2.24, 2.45) is 0 Å². The minimum atomic E-state index is -3.93. The van der Waals surface area contributed by atoms with Crippen molar-refractivity contribution in [3.8, 4) is 5.88 Å². The van der Waals surface area contributed by atoms with E-state index in [2.05, 4.69) is 10.3 Å². The van der Waals surface area contributed by atoms with Crippen LogP contribution in [0.4, 0.5) is 0 Å². The minimum absolute atomic E-state index is 0.329. The zero-order chi connectivity index (χ0) is 17.4. The molecular weight excluding hydrogens is 348 g/mol. The van der Waals surface area contributed by atoms with Gasteiger partial charge in [-0.05, 0) is 48.7 Å². The standard InChI is InChI=1S/C16H22N2O4S2/c1-13-12-16(18-15-7-3-2-6-14(13)15)22-10-5-4-8-17-9-11-23-24(19,20)21/h2-3,6-7,12,17H,4-5,8-11H2,1H3,(H,19,20,21). The molecule has 0 unspecified atom stereocenters. The van der Waals surface area contributed by atoms with Crippen LogP contribution in [0.1, 0.15) is 18.4 Å². The molecule has 0 aliphatic rings. The third kappa shape index (κ3) is 6.64. The molecule has 0 fully saturated rings. The molecule has 6 nitrogen and oxygen atoms in total. The smallest absolute Gasteiger partial charge is 0.319 e. The number of nitrogens with one attached hydrogen (secondary N) is 1. The highest BCUT2D eigenvalue weighted by Gasteiger charge is 2.04. The van der Waals surface area contributed by atoms with E-state index in [9.17, 15) is 8.42 Å². The predicted octanol–water partition coefficient (Wildman–Crippen LogP) is 2.83. The van der Waals surface area contributed by atoms with Gasteiger partial charge in [0.15, 0.2) is 0 Å². The molecule has 0 saturated carbocycles. The van der Waals surface area contributed by atoms with E-state index in [1.54, 1.807) is 0 Å². The number of aryl methyl sites for hydroxylation is 1. The molecule has 1 aromatic heterocycles. The maximum absolute atomic E-state index is 10.5. The third-order valence-electron chi connectivity index (χ3n) is 3.41. The van der Waals surface area contributed by atoms with Crippen LogP contribution >= 0.6 is 10.8 Å². The first kappa shape index (κ1) is 19.0. The van der Waals surface area contributed by atoms with Gasteiger partial charge in [0.1, 0.15) is 0 Å². The van der Waals surface area contributed by atoms with E-state index in [1.807, 2.05) is 37.3 Å². The highest BCUT2D eigenvalue weighted by molar-refractivity contribution is 8.69. The molecule has 1 aromatic carbocycles. The summed E-state index contributed by atoms with van der Waals surface area (Å²) in [5, 5.41) is 4.26. The van der Waals surface area contributed by atoms with Crippen molar-refractivity contribution in [2.75, 3.05) is 25.4 Å². The Morgan fingerprint density at radius 2 is 2.04 bits per heavy atom. The first-order chi connectivity index (χ1) is 11.5. The number of hydrogen-bond acceptors (Lipinski definition) is 6. The van der Waals surface area contributed by atoms with Crippen LogP contribution < -0.4 is 10.1 Å². The highest BCUT2D eigenvalue weighted by Crippen LogP contribution is 2.21. The van der Waals surface area contributed by atoms with Crippen molar-refractivity contribution in [1.29, 1.82) is 0 Å². The number of unbranched alkanes of at least 4 members (excludes halogenated alkanes) is 1. The van der Waals surface area contributed by atoms with Crippen LogP contribution in [0.5, 0.6) is 5.88 Å². The molecular formula is C16H22N2O4S2. The molecule has 2 aromatic rings. The zero-order valence-electron chi connectivity index (χ0n) is 13.6. The van der Waals surface area contributed by atoms with Crippen molar-refractivity contribution in [3.63, 3.8) is 0 Å². The lowest BCUT2D eigenvalue weighted by molar-refractivity contribution is 0.295. The van der Waals surface area contributed by atoms with Crippen molar-refractivity contribution >= 4 is 30.8 Å². The molecule has 1 heterocycles. The first-order valence-corrected chi connectivity index (χ1v) is 10.7. The van der Waals surface area contributed by atoms with Gasteiger partial charge in [-0.15, -0.1) is 0 Å². The summed E-state index contributed by atoms with van der Waals surface area (Å²) in [6.45, 7) is 3.95. The molecule has 0 aliphatic heterocycles. The Kier molecular flexibility index (Phi) is 7.29. The summed E-state index contributed by atoms with van der Waals surface area (Å²) in [6.07, 6.45) is 1.80. The third-order valence-corrected chi connectivity index (χ3v) is 5.47. The Morgan fingerprint density at radius 1 is 1.25 bits per heavy atom. The van der Waals surface area contributed by atoms with Gasteiger partial charge >= 0.3 is 9.15 Å². The Balaban J connectivity index is 1.63. The van der Waals surface area contributed by atoms with Gasteiger partial charge in [-0.25, -0.2) is 4.98 Å². The number of fused-ring (bicyclic) bond motifs is 1. The number of pyridine rings is 1. The molecule has 2 rings (SSSR count). The summed E-state index contributed by atoms with van der Waals surface area (Å²) in [5.41, 5.74) is 2.08. The second-order valence-electron chi connectivity index (χ2n) is 5.35. The van der Waals surface area contributed by atoms with Crippen molar-refractivity contribution in [3.05, 3.63) is 35.9 Å². The van der Waals surface area contributed by atoms with Crippen LogP contribution in [-0.4, -0.2) is 43.4 Å². The summed E-state index contributed by atoms with van der Waals surface area (Å²) in [7, 11) is -3.39. The van der Waals surface area contributed by atoms with Crippen LogP contribution in [0.3, 0.4) is 0 Å². The number of ether oxygens (including phenoxy) is 1. The quantitative estimate of drug-likeness (QED) is 0.378. The molecule has 0 spiro atoms. The first-order valence-electron chi connectivity index (χ1n) is 7.77. The van der Waals surface area contributed by atoms with E-state index in [0.717, 1.165) is 35.9 Å². The maximum Gasteiger partial charge on any atom is 0.319 e. The lowest BCUT2D eigenvalue weighted by Crippen LogP contribution is -2.19. The summed E-state index contributed by atoms with van der Waals surface area (Å²) >= 11 is 0. The van der Waals surface area contributed by atoms with E-state index >= 15 is 0 Å². The van der Waals surface area contributed by atoms with E-state index in [0.29, 0.717) is 35.6 Å². The number of hydrogen-bond donors (Lipinski definition) is 2. The topological polar surface area (TPSA) is 88.5 Å². The van der Waals surface area contributed by atoms with Crippen molar-refractivity contribution in [2.45, 2.75) is 19.8 Å². The Bertz CT molecular complexity index is 766. The average Bonchev–Trinajstić information content (AvgIpc) is 2.52. The second kappa shape index (κ2) is 9.22. The van der Waals surface area contributed by atoms with Gasteiger partial charge in [-0.1, -0.05) is 18.2 Å². The maximum atomic E-state index is 10.5. The normalized spacial score (nSPS) is 11.8. The minimum Gasteiger partial charge on any atom is -0.478 e.